The normalized spacial score (nSPS) is 10.6. The van der Waals surface area contributed by atoms with Crippen molar-refractivity contribution >= 4 is 44.8 Å². The van der Waals surface area contributed by atoms with Crippen molar-refractivity contribution in [3.8, 4) is 11.1 Å². The summed E-state index contributed by atoms with van der Waals surface area (Å²) in [4.78, 5) is 12.1. The number of thiophene rings is 1. The van der Waals surface area contributed by atoms with Crippen molar-refractivity contribution in [2.24, 2.45) is 0 Å². The van der Waals surface area contributed by atoms with Crippen LogP contribution < -0.4 is 0 Å². The van der Waals surface area contributed by atoms with E-state index in [0.717, 1.165) is 5.56 Å². The molecule has 0 aliphatic rings. The van der Waals surface area contributed by atoms with Gasteiger partial charge in [0.25, 0.3) is 0 Å². The fraction of sp³-hybridized carbons (Fsp3) is 0.154. The number of benzene rings is 1. The minimum Gasteiger partial charge on any atom is -0.465 e. The van der Waals surface area contributed by atoms with Gasteiger partial charge in [0.1, 0.15) is 4.88 Å². The topological polar surface area (TPSA) is 26.3 Å². The van der Waals surface area contributed by atoms with Crippen LogP contribution in [0.4, 0.5) is 4.39 Å². The van der Waals surface area contributed by atoms with Gasteiger partial charge in [-0.05, 0) is 39.9 Å². The Morgan fingerprint density at radius 2 is 2.16 bits per heavy atom. The molecule has 0 bridgehead atoms. The molecular weight excluding hydrogens is 355 g/mol. The molecule has 0 amide bonds. The number of aryl methyl sites for hydroxylation is 1. The predicted octanol–water partition coefficient (Wildman–Crippen LogP) is 5.07. The molecule has 1 aromatic carbocycles. The quantitative estimate of drug-likeness (QED) is 0.550. The molecule has 2 nitrogen and oxygen atoms in total. The van der Waals surface area contributed by atoms with Gasteiger partial charge in [-0.3, -0.25) is 0 Å². The Morgan fingerprint density at radius 1 is 1.47 bits per heavy atom. The summed E-state index contributed by atoms with van der Waals surface area (Å²) in [6.45, 7) is 1.81. The summed E-state index contributed by atoms with van der Waals surface area (Å²) in [5.74, 6) is -1.03. The van der Waals surface area contributed by atoms with Crippen LogP contribution in [0, 0.1) is 12.7 Å². The van der Waals surface area contributed by atoms with E-state index in [-0.39, 0.29) is 5.02 Å². The summed E-state index contributed by atoms with van der Waals surface area (Å²) < 4.78 is 19.4. The van der Waals surface area contributed by atoms with Crippen molar-refractivity contribution in [3.05, 3.63) is 43.3 Å². The van der Waals surface area contributed by atoms with E-state index < -0.39 is 11.8 Å². The van der Waals surface area contributed by atoms with Crippen LogP contribution in [-0.4, -0.2) is 13.1 Å². The van der Waals surface area contributed by atoms with Gasteiger partial charge in [0.2, 0.25) is 0 Å². The maximum atomic E-state index is 14.2. The van der Waals surface area contributed by atoms with E-state index in [1.54, 1.807) is 17.5 Å². The van der Waals surface area contributed by atoms with Crippen molar-refractivity contribution in [1.82, 2.24) is 0 Å². The first-order valence-electron chi connectivity index (χ1n) is 5.27. The lowest BCUT2D eigenvalue weighted by Crippen LogP contribution is -2.01. The zero-order valence-electron chi connectivity index (χ0n) is 10.1. The second kappa shape index (κ2) is 5.61. The number of carbonyl (C=O) groups excluding carboxylic acids is 1. The van der Waals surface area contributed by atoms with Crippen molar-refractivity contribution in [2.45, 2.75) is 6.92 Å². The summed E-state index contributed by atoms with van der Waals surface area (Å²) in [5.41, 5.74) is 1.64. The van der Waals surface area contributed by atoms with Crippen LogP contribution in [0.25, 0.3) is 11.1 Å². The molecule has 2 rings (SSSR count). The number of hydrogen-bond donors (Lipinski definition) is 0. The molecule has 0 unspecified atom stereocenters. The molecule has 0 atom stereocenters. The number of carbonyl (C=O) groups is 1. The average molecular weight is 364 g/mol. The molecule has 0 spiro atoms. The summed E-state index contributed by atoms with van der Waals surface area (Å²) in [5, 5.41) is 1.79. The lowest BCUT2D eigenvalue weighted by atomic mass is 10.0. The molecule has 1 aromatic heterocycles. The van der Waals surface area contributed by atoms with Crippen LogP contribution >= 0.6 is 38.9 Å². The van der Waals surface area contributed by atoms with Crippen molar-refractivity contribution < 1.29 is 13.9 Å². The van der Waals surface area contributed by atoms with Crippen LogP contribution in [0.2, 0.25) is 5.02 Å². The minimum absolute atomic E-state index is 0.00100. The number of hydrogen-bond acceptors (Lipinski definition) is 3. The second-order valence-corrected chi connectivity index (χ2v) is 5.95. The van der Waals surface area contributed by atoms with E-state index >= 15 is 0 Å². The molecule has 6 heteroatoms. The van der Waals surface area contributed by atoms with Gasteiger partial charge in [-0.15, -0.1) is 11.3 Å². The largest absolute Gasteiger partial charge is 0.465 e. The number of halogens is 3. The van der Waals surface area contributed by atoms with E-state index in [1.807, 2.05) is 6.92 Å². The molecule has 0 fully saturated rings. The third-order valence-electron chi connectivity index (χ3n) is 2.65. The highest BCUT2D eigenvalue weighted by molar-refractivity contribution is 9.10. The van der Waals surface area contributed by atoms with Gasteiger partial charge >= 0.3 is 5.97 Å². The number of methoxy groups -OCH3 is 1. The van der Waals surface area contributed by atoms with Crippen LogP contribution in [0.5, 0.6) is 0 Å². The Morgan fingerprint density at radius 3 is 2.79 bits per heavy atom. The van der Waals surface area contributed by atoms with Gasteiger partial charge in [-0.2, -0.15) is 0 Å². The maximum Gasteiger partial charge on any atom is 0.348 e. The standard InChI is InChI=1S/C13H9BrClFO2S/c1-6-5-19-12(13(17)18-2)9(6)7-3-4-8(14)10(15)11(7)16/h3-5H,1-2H3. The first kappa shape index (κ1) is 14.5. The van der Waals surface area contributed by atoms with Crippen LogP contribution in [-0.2, 0) is 4.74 Å². The predicted molar refractivity (Wildman–Crippen MR) is 78.5 cm³/mol. The molecule has 0 aliphatic heterocycles. The third kappa shape index (κ3) is 2.55. The number of rotatable bonds is 2. The van der Waals surface area contributed by atoms with E-state index in [1.165, 1.54) is 18.4 Å². The molecule has 0 N–H and O–H groups in total. The van der Waals surface area contributed by atoms with Crippen molar-refractivity contribution in [3.63, 3.8) is 0 Å². The summed E-state index contributed by atoms with van der Waals surface area (Å²) >= 11 is 10.3. The highest BCUT2D eigenvalue weighted by Gasteiger charge is 2.22. The average Bonchev–Trinajstić information content (AvgIpc) is 2.77. The van der Waals surface area contributed by atoms with Gasteiger partial charge in [0, 0.05) is 15.6 Å². The van der Waals surface area contributed by atoms with E-state index in [9.17, 15) is 9.18 Å². The van der Waals surface area contributed by atoms with Crippen LogP contribution in [0.15, 0.2) is 22.0 Å². The maximum absolute atomic E-state index is 14.2. The molecule has 0 radical (unpaired) electrons. The SMILES string of the molecule is COC(=O)c1scc(C)c1-c1ccc(Br)c(Cl)c1F. The Bertz CT molecular complexity index is 654. The fourth-order valence-electron chi connectivity index (χ4n) is 1.74. The summed E-state index contributed by atoms with van der Waals surface area (Å²) in [6.07, 6.45) is 0. The molecule has 0 saturated heterocycles. The van der Waals surface area contributed by atoms with Gasteiger partial charge in [0.15, 0.2) is 5.82 Å². The molecule has 100 valence electrons. The third-order valence-corrected chi connectivity index (χ3v) is 4.99. The zero-order valence-corrected chi connectivity index (χ0v) is 13.2. The van der Waals surface area contributed by atoms with Crippen LogP contribution in [0.1, 0.15) is 15.2 Å². The van der Waals surface area contributed by atoms with Gasteiger partial charge < -0.3 is 4.74 Å². The fourth-order valence-corrected chi connectivity index (χ4v) is 3.19. The van der Waals surface area contributed by atoms with Gasteiger partial charge in [-0.25, -0.2) is 9.18 Å². The Labute approximate surface area is 127 Å². The lowest BCUT2D eigenvalue weighted by molar-refractivity contribution is 0.0607. The minimum atomic E-state index is -0.553. The van der Waals surface area contributed by atoms with Gasteiger partial charge in [0.05, 0.1) is 12.1 Å². The highest BCUT2D eigenvalue weighted by Crippen LogP contribution is 2.38. The summed E-state index contributed by atoms with van der Waals surface area (Å²) in [7, 11) is 1.30. The smallest absolute Gasteiger partial charge is 0.348 e. The second-order valence-electron chi connectivity index (χ2n) is 3.84. The zero-order chi connectivity index (χ0) is 14.2. The Hall–Kier alpha value is -0.910. The Balaban J connectivity index is 2.69. The molecule has 19 heavy (non-hydrogen) atoms. The molecule has 2 aromatic rings. The van der Waals surface area contributed by atoms with E-state index in [2.05, 4.69) is 15.9 Å². The first-order valence-corrected chi connectivity index (χ1v) is 7.32. The molecule has 0 aliphatic carbocycles. The van der Waals surface area contributed by atoms with Crippen molar-refractivity contribution in [2.75, 3.05) is 7.11 Å². The highest BCUT2D eigenvalue weighted by atomic mass is 79.9. The monoisotopic (exact) mass is 362 g/mol. The lowest BCUT2D eigenvalue weighted by Gasteiger charge is -2.08. The molecule has 0 saturated carbocycles. The van der Waals surface area contributed by atoms with Gasteiger partial charge in [-0.1, -0.05) is 17.7 Å². The number of esters is 1. The van der Waals surface area contributed by atoms with Crippen molar-refractivity contribution in [1.29, 1.82) is 0 Å². The number of ether oxygens (including phenoxy) is 1. The molecule has 1 heterocycles. The van der Waals surface area contributed by atoms with E-state index in [4.69, 9.17) is 16.3 Å². The summed E-state index contributed by atoms with van der Waals surface area (Å²) in [6, 6.07) is 3.24. The molecular formula is C13H9BrClFO2S. The van der Waals surface area contributed by atoms with E-state index in [0.29, 0.717) is 20.5 Å². The first-order chi connectivity index (χ1) is 8.97. The Kier molecular flexibility index (Phi) is 4.28. The van der Waals surface area contributed by atoms with Crippen LogP contribution in [0.3, 0.4) is 0 Å².